The Balaban J connectivity index is 0.000000648. The third-order valence-electron chi connectivity index (χ3n) is 3.42. The first-order valence-corrected chi connectivity index (χ1v) is 7.84. The van der Waals surface area contributed by atoms with Crippen molar-refractivity contribution >= 4 is 29.2 Å². The zero-order chi connectivity index (χ0) is 18.3. The monoisotopic (exact) mass is 335 g/mol. The molecule has 7 nitrogen and oxygen atoms in total. The van der Waals surface area contributed by atoms with Gasteiger partial charge in [0.15, 0.2) is 0 Å². The molecular weight excluding hydrogens is 310 g/mol. The normalized spacial score (nSPS) is 16.5. The van der Waals surface area contributed by atoms with Crippen molar-refractivity contribution in [2.45, 2.75) is 32.7 Å². The van der Waals surface area contributed by atoms with Crippen LogP contribution in [0.4, 0.5) is 11.4 Å². The highest BCUT2D eigenvalue weighted by Crippen LogP contribution is 2.21. The first-order chi connectivity index (χ1) is 11.3. The molecule has 1 aromatic carbocycles. The van der Waals surface area contributed by atoms with E-state index in [9.17, 15) is 9.59 Å². The van der Waals surface area contributed by atoms with E-state index in [1.165, 1.54) is 4.90 Å². The molecule has 0 radical (unpaired) electrons. The first-order valence-electron chi connectivity index (χ1n) is 7.84. The van der Waals surface area contributed by atoms with Gasteiger partial charge in [-0.1, -0.05) is 6.92 Å². The molecule has 24 heavy (non-hydrogen) atoms. The van der Waals surface area contributed by atoms with E-state index in [1.54, 1.807) is 0 Å². The Labute approximate surface area is 142 Å². The number of carbonyl (C=O) groups is 3. The predicted molar refractivity (Wildman–Crippen MR) is 93.1 cm³/mol. The second-order valence-electron chi connectivity index (χ2n) is 5.74. The van der Waals surface area contributed by atoms with Gasteiger partial charge in [-0.05, 0) is 30.7 Å². The number of rotatable bonds is 5. The molecule has 0 bridgehead atoms. The summed E-state index contributed by atoms with van der Waals surface area (Å²) < 4.78 is 0. The number of benzene rings is 1. The minimum atomic E-state index is -0.833. The molecule has 2 amide bonds. The van der Waals surface area contributed by atoms with E-state index in [2.05, 4.69) is 5.32 Å². The second-order valence-corrected chi connectivity index (χ2v) is 5.74. The summed E-state index contributed by atoms with van der Waals surface area (Å²) in [6, 6.07) is 7.38. The number of carboxylic acids is 1. The van der Waals surface area contributed by atoms with Crippen LogP contribution in [-0.4, -0.2) is 54.5 Å². The summed E-state index contributed by atoms with van der Waals surface area (Å²) in [6.07, 6.45) is 1.04. The summed E-state index contributed by atoms with van der Waals surface area (Å²) in [5.41, 5.74) is 1.96. The molecule has 7 heteroatoms. The van der Waals surface area contributed by atoms with Crippen LogP contribution in [0.3, 0.4) is 0 Å². The molecular formula is C17H25N3O4. The minimum absolute atomic E-state index is 0.0840. The molecule has 0 saturated carbocycles. The van der Waals surface area contributed by atoms with Gasteiger partial charge in [-0.2, -0.15) is 0 Å². The Morgan fingerprint density at radius 1 is 1.29 bits per heavy atom. The molecule has 0 spiro atoms. The maximum atomic E-state index is 12.1. The highest BCUT2D eigenvalue weighted by Gasteiger charge is 2.37. The van der Waals surface area contributed by atoms with Crippen molar-refractivity contribution in [3.63, 3.8) is 0 Å². The lowest BCUT2D eigenvalue weighted by Gasteiger charge is -2.16. The van der Waals surface area contributed by atoms with Crippen molar-refractivity contribution in [1.29, 1.82) is 0 Å². The summed E-state index contributed by atoms with van der Waals surface area (Å²) >= 11 is 0. The van der Waals surface area contributed by atoms with Gasteiger partial charge in [0.05, 0.1) is 6.42 Å². The van der Waals surface area contributed by atoms with Gasteiger partial charge < -0.3 is 15.3 Å². The fourth-order valence-corrected chi connectivity index (χ4v) is 2.31. The van der Waals surface area contributed by atoms with Crippen LogP contribution in [-0.2, 0) is 14.4 Å². The molecule has 0 aromatic heterocycles. The maximum Gasteiger partial charge on any atom is 0.300 e. The quantitative estimate of drug-likeness (QED) is 0.798. The standard InChI is InChI=1S/C15H21N3O2.C2H4O2/c1-4-9-18-14(19)10-13(15(18)20)16-11-5-7-12(8-6-11)17(2)3;1-2(3)4/h5-8,13,16H,4,9-10H2,1-3H3;1H3,(H,3,4). The van der Waals surface area contributed by atoms with Crippen LogP contribution in [0.25, 0.3) is 0 Å². The lowest BCUT2D eigenvalue weighted by Crippen LogP contribution is -2.35. The van der Waals surface area contributed by atoms with Crippen LogP contribution in [0.1, 0.15) is 26.7 Å². The van der Waals surface area contributed by atoms with Crippen molar-refractivity contribution in [3.8, 4) is 0 Å². The van der Waals surface area contributed by atoms with E-state index in [0.29, 0.717) is 6.54 Å². The molecule has 1 aromatic rings. The number of hydrogen-bond acceptors (Lipinski definition) is 5. The van der Waals surface area contributed by atoms with E-state index in [-0.39, 0.29) is 18.2 Å². The molecule has 132 valence electrons. The van der Waals surface area contributed by atoms with Crippen LogP contribution >= 0.6 is 0 Å². The van der Waals surface area contributed by atoms with Crippen molar-refractivity contribution < 1.29 is 19.5 Å². The van der Waals surface area contributed by atoms with Gasteiger partial charge in [0, 0.05) is 38.9 Å². The van der Waals surface area contributed by atoms with Gasteiger partial charge in [0.2, 0.25) is 5.91 Å². The number of carboxylic acid groups (broad SMARTS) is 1. The molecule has 2 rings (SSSR count). The number of aliphatic carboxylic acids is 1. The summed E-state index contributed by atoms with van der Waals surface area (Å²) in [6.45, 7) is 3.55. The summed E-state index contributed by atoms with van der Waals surface area (Å²) in [5.74, 6) is -1.03. The van der Waals surface area contributed by atoms with Gasteiger partial charge in [0.25, 0.3) is 11.9 Å². The Hall–Kier alpha value is -2.57. The Kier molecular flexibility index (Phi) is 7.23. The molecule has 1 fully saturated rings. The van der Waals surface area contributed by atoms with Crippen LogP contribution in [0.2, 0.25) is 0 Å². The highest BCUT2D eigenvalue weighted by molar-refractivity contribution is 6.06. The molecule has 0 aliphatic carbocycles. The average molecular weight is 335 g/mol. The largest absolute Gasteiger partial charge is 0.481 e. The van der Waals surface area contributed by atoms with Crippen molar-refractivity contribution in [2.75, 3.05) is 30.9 Å². The van der Waals surface area contributed by atoms with Crippen molar-refractivity contribution in [1.82, 2.24) is 4.90 Å². The Bertz CT molecular complexity index is 580. The molecule has 1 heterocycles. The van der Waals surface area contributed by atoms with Crippen LogP contribution in [0.5, 0.6) is 0 Å². The zero-order valence-corrected chi connectivity index (χ0v) is 14.6. The minimum Gasteiger partial charge on any atom is -0.481 e. The smallest absolute Gasteiger partial charge is 0.300 e. The van der Waals surface area contributed by atoms with Gasteiger partial charge >= 0.3 is 0 Å². The summed E-state index contributed by atoms with van der Waals surface area (Å²) in [4.78, 5) is 36.3. The SMILES string of the molecule is CC(=O)O.CCCN1C(=O)CC(Nc2ccc(N(C)C)cc2)C1=O. The van der Waals surface area contributed by atoms with Crippen LogP contribution in [0, 0.1) is 0 Å². The molecule has 1 aliphatic heterocycles. The fraction of sp³-hybridized carbons (Fsp3) is 0.471. The lowest BCUT2D eigenvalue weighted by molar-refractivity contribution is -0.138. The Morgan fingerprint density at radius 2 is 1.83 bits per heavy atom. The van der Waals surface area contributed by atoms with E-state index in [4.69, 9.17) is 9.90 Å². The van der Waals surface area contributed by atoms with E-state index in [1.807, 2.05) is 50.2 Å². The number of amides is 2. The van der Waals surface area contributed by atoms with E-state index in [0.717, 1.165) is 24.7 Å². The second kappa shape index (κ2) is 8.90. The number of anilines is 2. The summed E-state index contributed by atoms with van der Waals surface area (Å²) in [5, 5.41) is 10.6. The van der Waals surface area contributed by atoms with Crippen LogP contribution in [0.15, 0.2) is 24.3 Å². The molecule has 1 atom stereocenters. The number of imide groups is 1. The number of carbonyl (C=O) groups excluding carboxylic acids is 2. The molecule has 1 aliphatic rings. The maximum absolute atomic E-state index is 12.1. The summed E-state index contributed by atoms with van der Waals surface area (Å²) in [7, 11) is 3.95. The van der Waals surface area contributed by atoms with Gasteiger partial charge in [0.1, 0.15) is 6.04 Å². The van der Waals surface area contributed by atoms with Crippen molar-refractivity contribution in [2.24, 2.45) is 0 Å². The Morgan fingerprint density at radius 3 is 2.29 bits per heavy atom. The van der Waals surface area contributed by atoms with Crippen LogP contribution < -0.4 is 10.2 Å². The molecule has 1 saturated heterocycles. The fourth-order valence-electron chi connectivity index (χ4n) is 2.31. The van der Waals surface area contributed by atoms with E-state index < -0.39 is 12.0 Å². The highest BCUT2D eigenvalue weighted by atomic mass is 16.4. The zero-order valence-electron chi connectivity index (χ0n) is 14.6. The molecule has 2 N–H and O–H groups in total. The topological polar surface area (TPSA) is 89.9 Å². The average Bonchev–Trinajstić information content (AvgIpc) is 2.75. The van der Waals surface area contributed by atoms with E-state index >= 15 is 0 Å². The van der Waals surface area contributed by atoms with Gasteiger partial charge in [-0.3, -0.25) is 19.3 Å². The lowest BCUT2D eigenvalue weighted by atomic mass is 10.2. The first kappa shape index (κ1) is 19.5. The van der Waals surface area contributed by atoms with Gasteiger partial charge in [-0.15, -0.1) is 0 Å². The third kappa shape index (κ3) is 5.57. The number of nitrogens with one attached hydrogen (secondary N) is 1. The number of hydrogen-bond donors (Lipinski definition) is 2. The predicted octanol–water partition coefficient (Wildman–Crippen LogP) is 1.79. The number of nitrogens with zero attached hydrogens (tertiary/aromatic N) is 2. The molecule has 1 unspecified atom stereocenters. The van der Waals surface area contributed by atoms with Gasteiger partial charge in [-0.25, -0.2) is 0 Å². The van der Waals surface area contributed by atoms with Crippen molar-refractivity contribution in [3.05, 3.63) is 24.3 Å². The third-order valence-corrected chi connectivity index (χ3v) is 3.42. The number of likely N-dealkylation sites (tertiary alicyclic amines) is 1.